The number of phenolic OH excluding ortho intramolecular Hbond substituents is 1. The minimum atomic E-state index is 0.295. The van der Waals surface area contributed by atoms with Crippen molar-refractivity contribution in [3.8, 4) is 5.75 Å². The molecule has 4 aromatic rings. The van der Waals surface area contributed by atoms with Crippen LogP contribution in [-0.2, 0) is 53.3 Å². The quantitative estimate of drug-likeness (QED) is 0.0493. The first-order valence-electron chi connectivity index (χ1n) is 22.0. The standard InChI is InChI=1S/C51H72O4/c52-51-38-37-48(42-53-39-25-10-4-1-7-16-28-45-31-19-13-20-32-45)49(43-54-40-26-11-5-2-8-17-29-46-33-21-14-22-34-46)50(51)44-55-41-27-12-6-3-9-18-30-47-35-23-15-24-36-47/h13-15,19-24,31-38,52H,1-12,16-18,25-30,39-44H2. The molecular weight excluding hydrogens is 677 g/mol. The van der Waals surface area contributed by atoms with Crippen molar-refractivity contribution in [3.63, 3.8) is 0 Å². The van der Waals surface area contributed by atoms with Gasteiger partial charge in [0.15, 0.2) is 0 Å². The van der Waals surface area contributed by atoms with E-state index in [-0.39, 0.29) is 0 Å². The van der Waals surface area contributed by atoms with Crippen molar-refractivity contribution in [2.45, 2.75) is 155 Å². The van der Waals surface area contributed by atoms with Gasteiger partial charge in [-0.1, -0.05) is 174 Å². The highest BCUT2D eigenvalue weighted by molar-refractivity contribution is 5.43. The van der Waals surface area contributed by atoms with Crippen LogP contribution >= 0.6 is 0 Å². The molecule has 0 amide bonds. The summed E-state index contributed by atoms with van der Waals surface area (Å²) in [5.74, 6) is 0.295. The molecule has 0 saturated carbocycles. The van der Waals surface area contributed by atoms with Gasteiger partial charge in [-0.05, 0) is 91.7 Å². The molecule has 4 rings (SSSR count). The van der Waals surface area contributed by atoms with Crippen molar-refractivity contribution in [2.24, 2.45) is 0 Å². The molecule has 4 nitrogen and oxygen atoms in total. The summed E-state index contributed by atoms with van der Waals surface area (Å²) in [5, 5.41) is 11.0. The second-order valence-corrected chi connectivity index (χ2v) is 15.4. The molecule has 0 aliphatic heterocycles. The first-order chi connectivity index (χ1) is 27.3. The number of aryl methyl sites for hydroxylation is 3. The van der Waals surface area contributed by atoms with Crippen molar-refractivity contribution >= 4 is 0 Å². The summed E-state index contributed by atoms with van der Waals surface area (Å²) in [5.41, 5.74) is 7.33. The van der Waals surface area contributed by atoms with Gasteiger partial charge in [0.2, 0.25) is 0 Å². The highest BCUT2D eigenvalue weighted by Gasteiger charge is 2.14. The molecule has 0 fully saturated rings. The molecule has 0 bridgehead atoms. The summed E-state index contributed by atoms with van der Waals surface area (Å²) in [6.07, 6.45) is 25.6. The number of aromatic hydroxyl groups is 1. The largest absolute Gasteiger partial charge is 0.508 e. The Labute approximate surface area is 335 Å². The lowest BCUT2D eigenvalue weighted by Crippen LogP contribution is -2.08. The maximum atomic E-state index is 11.0. The van der Waals surface area contributed by atoms with Crippen LogP contribution in [0.5, 0.6) is 5.75 Å². The third-order valence-corrected chi connectivity index (χ3v) is 10.8. The molecule has 0 saturated heterocycles. The lowest BCUT2D eigenvalue weighted by atomic mass is 10.0. The van der Waals surface area contributed by atoms with E-state index in [0.717, 1.165) is 49.2 Å². The van der Waals surface area contributed by atoms with E-state index >= 15 is 0 Å². The second kappa shape index (κ2) is 29.8. The number of ether oxygens (including phenoxy) is 3. The number of unbranched alkanes of at least 4 members (excludes halogenated alkanes) is 15. The fourth-order valence-electron chi connectivity index (χ4n) is 7.39. The second-order valence-electron chi connectivity index (χ2n) is 15.4. The van der Waals surface area contributed by atoms with E-state index in [2.05, 4.69) is 91.0 Å². The summed E-state index contributed by atoms with van der Waals surface area (Å²) in [6.45, 7) is 3.63. The Hall–Kier alpha value is -3.44. The predicted molar refractivity (Wildman–Crippen MR) is 231 cm³/mol. The van der Waals surface area contributed by atoms with E-state index in [1.54, 1.807) is 0 Å². The summed E-state index contributed by atoms with van der Waals surface area (Å²) in [7, 11) is 0. The number of rotatable bonds is 33. The Morgan fingerprint density at radius 2 is 0.636 bits per heavy atom. The first kappa shape index (κ1) is 44.3. The molecule has 0 aliphatic carbocycles. The van der Waals surface area contributed by atoms with Gasteiger partial charge in [-0.3, -0.25) is 0 Å². The lowest BCUT2D eigenvalue weighted by Gasteiger charge is -2.17. The van der Waals surface area contributed by atoms with Crippen LogP contribution in [0.2, 0.25) is 0 Å². The highest BCUT2D eigenvalue weighted by Crippen LogP contribution is 2.28. The van der Waals surface area contributed by atoms with Crippen LogP contribution in [0.15, 0.2) is 103 Å². The van der Waals surface area contributed by atoms with E-state index in [9.17, 15) is 5.11 Å². The van der Waals surface area contributed by atoms with Crippen LogP contribution in [-0.4, -0.2) is 24.9 Å². The predicted octanol–water partition coefficient (Wildman–Crippen LogP) is 13.7. The zero-order valence-corrected chi connectivity index (χ0v) is 34.1. The van der Waals surface area contributed by atoms with Gasteiger partial charge in [0.05, 0.1) is 19.8 Å². The molecule has 4 heteroatoms. The topological polar surface area (TPSA) is 47.9 Å². The zero-order chi connectivity index (χ0) is 38.3. The Morgan fingerprint density at radius 3 is 1.04 bits per heavy atom. The third kappa shape index (κ3) is 20.3. The molecule has 300 valence electrons. The Balaban J connectivity index is 1.12. The number of phenols is 1. The molecule has 1 N–H and O–H groups in total. The van der Waals surface area contributed by atoms with Crippen LogP contribution < -0.4 is 0 Å². The summed E-state index contributed by atoms with van der Waals surface area (Å²) >= 11 is 0. The molecule has 0 atom stereocenters. The van der Waals surface area contributed by atoms with E-state index in [1.807, 2.05) is 12.1 Å². The summed E-state index contributed by atoms with van der Waals surface area (Å²) in [6, 6.07) is 36.3. The highest BCUT2D eigenvalue weighted by atomic mass is 16.5. The first-order valence-corrected chi connectivity index (χ1v) is 22.0. The van der Waals surface area contributed by atoms with Gasteiger partial charge in [0.1, 0.15) is 5.75 Å². The summed E-state index contributed by atoms with van der Waals surface area (Å²) in [4.78, 5) is 0. The molecule has 0 heterocycles. The molecule has 55 heavy (non-hydrogen) atoms. The van der Waals surface area contributed by atoms with Crippen molar-refractivity contribution in [1.29, 1.82) is 0 Å². The van der Waals surface area contributed by atoms with Crippen molar-refractivity contribution in [2.75, 3.05) is 19.8 Å². The fraction of sp³-hybridized carbons (Fsp3) is 0.529. The lowest BCUT2D eigenvalue weighted by molar-refractivity contribution is 0.0945. The smallest absolute Gasteiger partial charge is 0.121 e. The van der Waals surface area contributed by atoms with E-state index < -0.39 is 0 Å². The monoisotopic (exact) mass is 749 g/mol. The van der Waals surface area contributed by atoms with Gasteiger partial charge < -0.3 is 19.3 Å². The van der Waals surface area contributed by atoms with Crippen molar-refractivity contribution in [1.82, 2.24) is 0 Å². The van der Waals surface area contributed by atoms with E-state index in [4.69, 9.17) is 14.2 Å². The van der Waals surface area contributed by atoms with E-state index in [0.29, 0.717) is 32.2 Å². The van der Waals surface area contributed by atoms with Gasteiger partial charge >= 0.3 is 0 Å². The van der Waals surface area contributed by atoms with Crippen LogP contribution in [0.1, 0.15) is 149 Å². The SMILES string of the molecule is Oc1ccc(COCCCCCCCCc2ccccc2)c(COCCCCCCCCc2ccccc2)c1COCCCCCCCCc1ccccc1. The molecule has 4 aromatic carbocycles. The van der Waals surface area contributed by atoms with Crippen LogP contribution in [0.3, 0.4) is 0 Å². The molecule has 0 aromatic heterocycles. The maximum absolute atomic E-state index is 11.0. The van der Waals surface area contributed by atoms with Crippen LogP contribution in [0.4, 0.5) is 0 Å². The van der Waals surface area contributed by atoms with Crippen LogP contribution in [0.25, 0.3) is 0 Å². The van der Waals surface area contributed by atoms with Crippen molar-refractivity contribution in [3.05, 3.63) is 137 Å². The van der Waals surface area contributed by atoms with Gasteiger partial charge in [-0.25, -0.2) is 0 Å². The molecular formula is C51H72O4. The Morgan fingerprint density at radius 1 is 0.309 bits per heavy atom. The summed E-state index contributed by atoms with van der Waals surface area (Å²) < 4.78 is 18.6. The third-order valence-electron chi connectivity index (χ3n) is 10.8. The Kier molecular flexibility index (Phi) is 24.0. The van der Waals surface area contributed by atoms with Gasteiger partial charge in [0, 0.05) is 25.4 Å². The zero-order valence-electron chi connectivity index (χ0n) is 34.1. The molecule has 0 radical (unpaired) electrons. The van der Waals surface area contributed by atoms with Gasteiger partial charge in [-0.15, -0.1) is 0 Å². The average molecular weight is 749 g/mol. The normalized spacial score (nSPS) is 11.3. The van der Waals surface area contributed by atoms with Crippen molar-refractivity contribution < 1.29 is 19.3 Å². The maximum Gasteiger partial charge on any atom is 0.121 e. The fourth-order valence-corrected chi connectivity index (χ4v) is 7.39. The van der Waals surface area contributed by atoms with Gasteiger partial charge in [0.25, 0.3) is 0 Å². The molecule has 0 aliphatic rings. The molecule has 0 unspecified atom stereocenters. The van der Waals surface area contributed by atoms with E-state index in [1.165, 1.54) is 132 Å². The number of hydrogen-bond acceptors (Lipinski definition) is 4. The minimum Gasteiger partial charge on any atom is -0.508 e. The van der Waals surface area contributed by atoms with Gasteiger partial charge in [-0.2, -0.15) is 0 Å². The van der Waals surface area contributed by atoms with Crippen LogP contribution in [0, 0.1) is 0 Å². The number of benzene rings is 4. The Bertz CT molecular complexity index is 1470. The molecule has 0 spiro atoms. The average Bonchev–Trinajstić information content (AvgIpc) is 3.22. The number of hydrogen-bond donors (Lipinski definition) is 1. The minimum absolute atomic E-state index is 0.295.